The molecule has 1 aliphatic rings. The number of esters is 1. The van der Waals surface area contributed by atoms with Gasteiger partial charge in [-0.3, -0.25) is 19.2 Å². The quantitative estimate of drug-likeness (QED) is 0.214. The van der Waals surface area contributed by atoms with Crippen LogP contribution in [0.25, 0.3) is 0 Å². The summed E-state index contributed by atoms with van der Waals surface area (Å²) in [6, 6.07) is 9.42. The Morgan fingerprint density at radius 2 is 1.90 bits per heavy atom. The molecular weight excluding hydrogens is 540 g/mol. The predicted molar refractivity (Wildman–Crippen MR) is 154 cm³/mol. The second-order valence-corrected chi connectivity index (χ2v) is 10.9. The van der Waals surface area contributed by atoms with Crippen molar-refractivity contribution in [2.75, 3.05) is 13.2 Å². The first-order valence-corrected chi connectivity index (χ1v) is 14.3. The lowest BCUT2D eigenvalue weighted by molar-refractivity contribution is -0.137. The highest BCUT2D eigenvalue weighted by molar-refractivity contribution is 5.97. The molecule has 0 aliphatic carbocycles. The van der Waals surface area contributed by atoms with Crippen LogP contribution in [0.5, 0.6) is 0 Å². The van der Waals surface area contributed by atoms with E-state index in [0.29, 0.717) is 25.1 Å². The summed E-state index contributed by atoms with van der Waals surface area (Å²) in [7, 11) is 0. The van der Waals surface area contributed by atoms with E-state index in [-0.39, 0.29) is 54.6 Å². The van der Waals surface area contributed by atoms with Gasteiger partial charge in [-0.2, -0.15) is 0 Å². The van der Waals surface area contributed by atoms with Crippen molar-refractivity contribution in [2.24, 2.45) is 17.8 Å². The zero-order valence-electron chi connectivity index (χ0n) is 24.6. The summed E-state index contributed by atoms with van der Waals surface area (Å²) in [5, 5.41) is 12.2. The second-order valence-electron chi connectivity index (χ2n) is 10.9. The van der Waals surface area contributed by atoms with Gasteiger partial charge in [0.2, 0.25) is 11.8 Å². The van der Waals surface area contributed by atoms with E-state index in [2.05, 4.69) is 21.1 Å². The van der Waals surface area contributed by atoms with Crippen molar-refractivity contribution in [1.82, 2.24) is 21.1 Å². The molecular formula is C31H40N4O7. The van der Waals surface area contributed by atoms with Gasteiger partial charge in [-0.25, -0.2) is 4.79 Å². The van der Waals surface area contributed by atoms with Crippen LogP contribution in [0.3, 0.4) is 0 Å². The Labute approximate surface area is 245 Å². The fourth-order valence-electron chi connectivity index (χ4n) is 4.90. The molecule has 226 valence electrons. The van der Waals surface area contributed by atoms with Crippen molar-refractivity contribution in [3.8, 4) is 0 Å². The maximum absolute atomic E-state index is 13.7. The minimum absolute atomic E-state index is 0.0236. The number of nitrogens with zero attached hydrogens (tertiary/aromatic N) is 1. The van der Waals surface area contributed by atoms with E-state index in [9.17, 15) is 24.0 Å². The maximum Gasteiger partial charge on any atom is 0.330 e. The van der Waals surface area contributed by atoms with Crippen LogP contribution in [0.15, 0.2) is 53.1 Å². The SMILES string of the molecule is CCOC(=O)/C=C/[C@H](C[C@@H]1CNC(=O)C1)NC(=O)[C@@H](CC(=O)[C@@H](NC(=O)c1cc(C)on1)C(C)C)Cc1ccccc1. The minimum atomic E-state index is -0.851. The first kappa shape index (κ1) is 32.2. The summed E-state index contributed by atoms with van der Waals surface area (Å²) >= 11 is 0. The zero-order chi connectivity index (χ0) is 30.6. The summed E-state index contributed by atoms with van der Waals surface area (Å²) in [5.41, 5.74) is 0.943. The van der Waals surface area contributed by atoms with Crippen LogP contribution in [0.1, 0.15) is 61.8 Å². The molecule has 1 fully saturated rings. The molecule has 3 rings (SSSR count). The van der Waals surface area contributed by atoms with Crippen LogP contribution < -0.4 is 16.0 Å². The number of benzene rings is 1. The largest absolute Gasteiger partial charge is 0.463 e. The van der Waals surface area contributed by atoms with Crippen molar-refractivity contribution < 1.29 is 33.2 Å². The summed E-state index contributed by atoms with van der Waals surface area (Å²) in [6.45, 7) is 7.69. The van der Waals surface area contributed by atoms with Crippen molar-refractivity contribution in [2.45, 2.75) is 65.5 Å². The number of nitrogens with one attached hydrogen (secondary N) is 3. The molecule has 0 radical (unpaired) electrons. The molecule has 0 bridgehead atoms. The van der Waals surface area contributed by atoms with Crippen LogP contribution in [-0.2, 0) is 30.3 Å². The zero-order valence-corrected chi connectivity index (χ0v) is 24.6. The topological polar surface area (TPSA) is 157 Å². The lowest BCUT2D eigenvalue weighted by Gasteiger charge is -2.25. The van der Waals surface area contributed by atoms with Gasteiger partial charge in [-0.1, -0.05) is 55.4 Å². The number of amides is 3. The van der Waals surface area contributed by atoms with E-state index in [0.717, 1.165) is 5.56 Å². The summed E-state index contributed by atoms with van der Waals surface area (Å²) in [5.74, 6) is -2.35. The molecule has 3 amide bonds. The van der Waals surface area contributed by atoms with Crippen LogP contribution in [0, 0.1) is 24.7 Å². The normalized spacial score (nSPS) is 17.0. The predicted octanol–water partition coefficient (Wildman–Crippen LogP) is 2.69. The third-order valence-corrected chi connectivity index (χ3v) is 7.03. The van der Waals surface area contributed by atoms with Gasteiger partial charge in [0.05, 0.1) is 12.6 Å². The van der Waals surface area contributed by atoms with Gasteiger partial charge in [-0.05, 0) is 44.1 Å². The molecule has 1 aromatic carbocycles. The number of ether oxygens (including phenoxy) is 1. The van der Waals surface area contributed by atoms with Gasteiger partial charge >= 0.3 is 5.97 Å². The van der Waals surface area contributed by atoms with E-state index >= 15 is 0 Å². The molecule has 2 aromatic rings. The molecule has 4 atom stereocenters. The molecule has 11 nitrogen and oxygen atoms in total. The van der Waals surface area contributed by atoms with Gasteiger partial charge < -0.3 is 25.2 Å². The summed E-state index contributed by atoms with van der Waals surface area (Å²) in [4.78, 5) is 63.8. The molecule has 1 aromatic heterocycles. The maximum atomic E-state index is 13.7. The van der Waals surface area contributed by atoms with Crippen molar-refractivity contribution >= 4 is 29.5 Å². The Balaban J connectivity index is 1.79. The van der Waals surface area contributed by atoms with Gasteiger partial charge in [0.15, 0.2) is 11.5 Å². The Morgan fingerprint density at radius 3 is 2.50 bits per heavy atom. The van der Waals surface area contributed by atoms with E-state index in [1.165, 1.54) is 12.1 Å². The van der Waals surface area contributed by atoms with Crippen molar-refractivity contribution in [3.05, 3.63) is 65.6 Å². The fourth-order valence-corrected chi connectivity index (χ4v) is 4.90. The molecule has 3 N–H and O–H groups in total. The van der Waals surface area contributed by atoms with E-state index < -0.39 is 29.9 Å². The smallest absolute Gasteiger partial charge is 0.330 e. The Morgan fingerprint density at radius 1 is 1.17 bits per heavy atom. The standard InChI is InChI=1S/C31H40N4O7/c1-5-41-28(38)12-11-24(15-22-16-27(37)32-18-22)33-30(39)23(14-21-9-7-6-8-10-21)17-26(36)29(19(2)3)34-31(40)25-13-20(4)42-35-25/h6-13,19,22-24,29H,5,14-18H2,1-4H3,(H,32,37)(H,33,39)(H,34,40)/b12-11+/t22-,23+,24+,29-/m0/s1. The number of hydrogen-bond donors (Lipinski definition) is 3. The second kappa shape index (κ2) is 15.6. The fraction of sp³-hybridized carbons (Fsp3) is 0.484. The first-order valence-electron chi connectivity index (χ1n) is 14.3. The molecule has 1 saturated heterocycles. The highest BCUT2D eigenvalue weighted by atomic mass is 16.5. The molecule has 0 spiro atoms. The van der Waals surface area contributed by atoms with Crippen molar-refractivity contribution in [1.29, 1.82) is 0 Å². The third-order valence-electron chi connectivity index (χ3n) is 7.03. The Bertz CT molecular complexity index is 1270. The van der Waals surface area contributed by atoms with E-state index in [1.807, 2.05) is 44.2 Å². The van der Waals surface area contributed by atoms with Gasteiger partial charge in [0.25, 0.3) is 5.91 Å². The number of aromatic nitrogens is 1. The van der Waals surface area contributed by atoms with Crippen LogP contribution >= 0.6 is 0 Å². The van der Waals surface area contributed by atoms with Crippen LogP contribution in [0.4, 0.5) is 0 Å². The number of carbonyl (C=O) groups excluding carboxylic acids is 5. The average molecular weight is 581 g/mol. The summed E-state index contributed by atoms with van der Waals surface area (Å²) in [6.07, 6.45) is 3.75. The lowest BCUT2D eigenvalue weighted by atomic mass is 9.88. The number of Topliss-reactive ketones (excluding diaryl/α,β-unsaturated/α-hetero) is 1. The number of ketones is 1. The molecule has 0 saturated carbocycles. The van der Waals surface area contributed by atoms with E-state index in [4.69, 9.17) is 9.26 Å². The molecule has 1 aliphatic heterocycles. The van der Waals surface area contributed by atoms with Gasteiger partial charge in [0.1, 0.15) is 5.76 Å². The summed E-state index contributed by atoms with van der Waals surface area (Å²) < 4.78 is 9.97. The number of aryl methyl sites for hydroxylation is 1. The molecule has 11 heteroatoms. The number of rotatable bonds is 15. The Kier molecular flexibility index (Phi) is 12.0. The third kappa shape index (κ3) is 9.97. The Hall–Kier alpha value is -4.28. The highest BCUT2D eigenvalue weighted by Crippen LogP contribution is 2.20. The van der Waals surface area contributed by atoms with Crippen LogP contribution in [0.2, 0.25) is 0 Å². The van der Waals surface area contributed by atoms with E-state index in [1.54, 1.807) is 19.9 Å². The monoisotopic (exact) mass is 580 g/mol. The number of hydrogen-bond acceptors (Lipinski definition) is 8. The number of carbonyl (C=O) groups is 5. The average Bonchev–Trinajstić information content (AvgIpc) is 3.57. The molecule has 0 unspecified atom stereocenters. The van der Waals surface area contributed by atoms with Gasteiger partial charge in [0, 0.05) is 43.5 Å². The molecule has 42 heavy (non-hydrogen) atoms. The van der Waals surface area contributed by atoms with Crippen molar-refractivity contribution in [3.63, 3.8) is 0 Å². The van der Waals surface area contributed by atoms with Crippen LogP contribution in [-0.4, -0.2) is 59.9 Å². The van der Waals surface area contributed by atoms with Gasteiger partial charge in [-0.15, -0.1) is 0 Å². The highest BCUT2D eigenvalue weighted by Gasteiger charge is 2.32. The molecule has 2 heterocycles. The minimum Gasteiger partial charge on any atom is -0.463 e. The lowest BCUT2D eigenvalue weighted by Crippen LogP contribution is -2.47. The first-order chi connectivity index (χ1) is 20.0.